The molecule has 0 radical (unpaired) electrons. The predicted octanol–water partition coefficient (Wildman–Crippen LogP) is 2.56. The Morgan fingerprint density at radius 1 is 1.36 bits per heavy atom. The van der Waals surface area contributed by atoms with Gasteiger partial charge in [-0.1, -0.05) is 13.0 Å². The fourth-order valence-electron chi connectivity index (χ4n) is 0.988. The second-order valence-corrected chi connectivity index (χ2v) is 4.69. The fourth-order valence-corrected chi connectivity index (χ4v) is 1.96. The molecule has 3 heteroatoms. The Kier molecular flexibility index (Phi) is 4.29. The molecule has 2 unspecified atom stereocenters. The molecule has 2 nitrogen and oxygen atoms in total. The first-order chi connectivity index (χ1) is 6.63. The summed E-state index contributed by atoms with van der Waals surface area (Å²) < 4.78 is 5.12. The second-order valence-electron chi connectivity index (χ2n) is 3.24. The minimum Gasteiger partial charge on any atom is -0.497 e. The SMILES string of the molecule is COc1cccc(SC(C)C(C)O)c1. The first-order valence-corrected chi connectivity index (χ1v) is 5.50. The summed E-state index contributed by atoms with van der Waals surface area (Å²) in [7, 11) is 1.65. The van der Waals surface area contributed by atoms with Gasteiger partial charge in [-0.05, 0) is 25.1 Å². The smallest absolute Gasteiger partial charge is 0.119 e. The molecule has 0 bridgehead atoms. The van der Waals surface area contributed by atoms with Crippen molar-refractivity contribution in [2.24, 2.45) is 0 Å². The van der Waals surface area contributed by atoms with Gasteiger partial charge in [0.25, 0.3) is 0 Å². The Hall–Kier alpha value is -0.670. The van der Waals surface area contributed by atoms with Crippen LogP contribution in [0.1, 0.15) is 13.8 Å². The van der Waals surface area contributed by atoms with E-state index >= 15 is 0 Å². The molecule has 1 aromatic rings. The highest BCUT2D eigenvalue weighted by molar-refractivity contribution is 8.00. The molecule has 78 valence electrons. The van der Waals surface area contributed by atoms with Crippen molar-refractivity contribution in [3.63, 3.8) is 0 Å². The van der Waals surface area contributed by atoms with E-state index in [9.17, 15) is 5.11 Å². The van der Waals surface area contributed by atoms with Crippen molar-refractivity contribution < 1.29 is 9.84 Å². The van der Waals surface area contributed by atoms with E-state index < -0.39 is 0 Å². The van der Waals surface area contributed by atoms with Crippen LogP contribution in [0.15, 0.2) is 29.2 Å². The first kappa shape index (κ1) is 11.4. The van der Waals surface area contributed by atoms with Crippen LogP contribution in [0, 0.1) is 0 Å². The number of rotatable bonds is 4. The number of thioether (sulfide) groups is 1. The third-order valence-electron chi connectivity index (χ3n) is 2.04. The third kappa shape index (κ3) is 3.24. The molecular formula is C11H16O2S. The number of aliphatic hydroxyl groups is 1. The van der Waals surface area contributed by atoms with Gasteiger partial charge in [-0.15, -0.1) is 11.8 Å². The maximum absolute atomic E-state index is 9.36. The molecule has 1 N–H and O–H groups in total. The van der Waals surface area contributed by atoms with Crippen LogP contribution < -0.4 is 4.74 Å². The Morgan fingerprint density at radius 3 is 2.64 bits per heavy atom. The van der Waals surface area contributed by atoms with Crippen LogP contribution in [-0.4, -0.2) is 23.6 Å². The van der Waals surface area contributed by atoms with Crippen LogP contribution in [0.4, 0.5) is 0 Å². The van der Waals surface area contributed by atoms with Crippen LogP contribution in [0.25, 0.3) is 0 Å². The standard InChI is InChI=1S/C11H16O2S/c1-8(12)9(2)14-11-6-4-5-10(7-11)13-3/h4-9,12H,1-3H3. The van der Waals surface area contributed by atoms with Gasteiger partial charge in [0.15, 0.2) is 0 Å². The van der Waals surface area contributed by atoms with E-state index in [-0.39, 0.29) is 11.4 Å². The summed E-state index contributed by atoms with van der Waals surface area (Å²) in [6.07, 6.45) is -0.300. The molecule has 0 amide bonds. The van der Waals surface area contributed by atoms with Gasteiger partial charge >= 0.3 is 0 Å². The number of aliphatic hydroxyl groups excluding tert-OH is 1. The molecule has 0 fully saturated rings. The van der Waals surface area contributed by atoms with Crippen molar-refractivity contribution >= 4 is 11.8 Å². The summed E-state index contributed by atoms with van der Waals surface area (Å²) in [6, 6.07) is 7.86. The second kappa shape index (κ2) is 5.27. The van der Waals surface area contributed by atoms with E-state index in [1.165, 1.54) is 0 Å². The zero-order chi connectivity index (χ0) is 10.6. The zero-order valence-corrected chi connectivity index (χ0v) is 9.54. The van der Waals surface area contributed by atoms with Crippen LogP contribution in [-0.2, 0) is 0 Å². The summed E-state index contributed by atoms with van der Waals surface area (Å²) >= 11 is 1.65. The van der Waals surface area contributed by atoms with Crippen LogP contribution >= 0.6 is 11.8 Å². The number of hydrogen-bond acceptors (Lipinski definition) is 3. The monoisotopic (exact) mass is 212 g/mol. The van der Waals surface area contributed by atoms with Gasteiger partial charge in [0.05, 0.1) is 13.2 Å². The highest BCUT2D eigenvalue weighted by Crippen LogP contribution is 2.27. The Labute approximate surface area is 89.3 Å². The molecule has 0 heterocycles. The van der Waals surface area contributed by atoms with E-state index in [1.54, 1.807) is 25.8 Å². The summed E-state index contributed by atoms with van der Waals surface area (Å²) in [4.78, 5) is 1.12. The number of hydrogen-bond donors (Lipinski definition) is 1. The Morgan fingerprint density at radius 2 is 2.07 bits per heavy atom. The normalized spacial score (nSPS) is 14.9. The summed E-state index contributed by atoms with van der Waals surface area (Å²) in [5, 5.41) is 9.55. The van der Waals surface area contributed by atoms with Crippen molar-refractivity contribution in [1.82, 2.24) is 0 Å². The van der Waals surface area contributed by atoms with E-state index in [0.717, 1.165) is 10.6 Å². The molecule has 0 saturated carbocycles. The lowest BCUT2D eigenvalue weighted by atomic mass is 10.3. The van der Waals surface area contributed by atoms with Crippen molar-refractivity contribution in [2.45, 2.75) is 30.1 Å². The maximum atomic E-state index is 9.36. The molecule has 0 aliphatic carbocycles. The van der Waals surface area contributed by atoms with E-state index in [0.29, 0.717) is 0 Å². The van der Waals surface area contributed by atoms with Crippen molar-refractivity contribution in [1.29, 1.82) is 0 Å². The average molecular weight is 212 g/mol. The molecule has 0 saturated heterocycles. The molecule has 0 aliphatic rings. The molecule has 1 aromatic carbocycles. The number of ether oxygens (including phenoxy) is 1. The highest BCUT2D eigenvalue weighted by atomic mass is 32.2. The molecule has 0 spiro atoms. The average Bonchev–Trinajstić information content (AvgIpc) is 2.18. The van der Waals surface area contributed by atoms with Crippen LogP contribution in [0.2, 0.25) is 0 Å². The third-order valence-corrected chi connectivity index (χ3v) is 3.33. The number of methoxy groups -OCH3 is 1. The largest absolute Gasteiger partial charge is 0.497 e. The molecular weight excluding hydrogens is 196 g/mol. The van der Waals surface area contributed by atoms with Gasteiger partial charge in [0, 0.05) is 10.1 Å². The van der Waals surface area contributed by atoms with Crippen LogP contribution in [0.5, 0.6) is 5.75 Å². The van der Waals surface area contributed by atoms with E-state index in [4.69, 9.17) is 4.74 Å². The van der Waals surface area contributed by atoms with Gasteiger partial charge in [-0.25, -0.2) is 0 Å². The predicted molar refractivity (Wildman–Crippen MR) is 60.0 cm³/mol. The lowest BCUT2D eigenvalue weighted by molar-refractivity contribution is 0.196. The highest BCUT2D eigenvalue weighted by Gasteiger charge is 2.10. The van der Waals surface area contributed by atoms with E-state index in [2.05, 4.69) is 0 Å². The van der Waals surface area contributed by atoms with Gasteiger partial charge in [-0.2, -0.15) is 0 Å². The summed E-state index contributed by atoms with van der Waals surface area (Å²) in [6.45, 7) is 3.81. The lowest BCUT2D eigenvalue weighted by Gasteiger charge is -2.14. The van der Waals surface area contributed by atoms with Gasteiger partial charge in [0.2, 0.25) is 0 Å². The summed E-state index contributed by atoms with van der Waals surface area (Å²) in [5.41, 5.74) is 0. The van der Waals surface area contributed by atoms with E-state index in [1.807, 2.05) is 31.2 Å². The zero-order valence-electron chi connectivity index (χ0n) is 8.73. The van der Waals surface area contributed by atoms with Crippen molar-refractivity contribution in [3.8, 4) is 5.75 Å². The molecule has 0 aromatic heterocycles. The molecule has 0 aliphatic heterocycles. The summed E-state index contributed by atoms with van der Waals surface area (Å²) in [5.74, 6) is 0.854. The lowest BCUT2D eigenvalue weighted by Crippen LogP contribution is -2.14. The Bertz CT molecular complexity index is 286. The minimum absolute atomic E-state index is 0.196. The van der Waals surface area contributed by atoms with Crippen molar-refractivity contribution in [2.75, 3.05) is 7.11 Å². The van der Waals surface area contributed by atoms with Crippen LogP contribution in [0.3, 0.4) is 0 Å². The Balaban J connectivity index is 2.66. The molecule has 2 atom stereocenters. The fraction of sp³-hybridized carbons (Fsp3) is 0.455. The van der Waals surface area contributed by atoms with Crippen molar-refractivity contribution in [3.05, 3.63) is 24.3 Å². The van der Waals surface area contributed by atoms with Gasteiger partial charge in [-0.3, -0.25) is 0 Å². The maximum Gasteiger partial charge on any atom is 0.119 e. The molecule has 14 heavy (non-hydrogen) atoms. The molecule has 1 rings (SSSR count). The minimum atomic E-state index is -0.300. The number of benzene rings is 1. The first-order valence-electron chi connectivity index (χ1n) is 4.62. The quantitative estimate of drug-likeness (QED) is 0.778. The topological polar surface area (TPSA) is 29.5 Å². The van der Waals surface area contributed by atoms with Gasteiger partial charge < -0.3 is 9.84 Å². The van der Waals surface area contributed by atoms with Gasteiger partial charge in [0.1, 0.15) is 5.75 Å².